The zero-order chi connectivity index (χ0) is 11.9. The highest BCUT2D eigenvalue weighted by molar-refractivity contribution is 5.01. The third-order valence-electron chi connectivity index (χ3n) is 2.90. The second-order valence-corrected chi connectivity index (χ2v) is 4.31. The lowest BCUT2D eigenvalue weighted by atomic mass is 9.69. The lowest BCUT2D eigenvalue weighted by molar-refractivity contribution is 0.00704. The standard InChI is InChI=1S/C13H22O2/c1-5-7-12(11(3)4)13(9-14,10-15)8-6-2/h6-7,11-12,14-15H,1-2,8-10H2,3-4H3. The summed E-state index contributed by atoms with van der Waals surface area (Å²) in [5.41, 5.74) is 2.21. The third-order valence-corrected chi connectivity index (χ3v) is 2.90. The van der Waals surface area contributed by atoms with Crippen molar-refractivity contribution in [1.29, 1.82) is 0 Å². The van der Waals surface area contributed by atoms with Crippen molar-refractivity contribution in [3.05, 3.63) is 31.0 Å². The smallest absolute Gasteiger partial charge is 0.0518 e. The molecule has 0 aromatic heterocycles. The molecule has 0 aliphatic heterocycles. The minimum Gasteiger partial charge on any atom is -0.396 e. The molecule has 0 bridgehead atoms. The molecule has 0 spiro atoms. The molecule has 0 aromatic carbocycles. The number of allylic oxidation sites excluding steroid dienone is 2. The van der Waals surface area contributed by atoms with Crippen LogP contribution in [0.2, 0.25) is 0 Å². The molecule has 2 N–H and O–H groups in total. The van der Waals surface area contributed by atoms with Crippen molar-refractivity contribution in [3.8, 4) is 0 Å². The Labute approximate surface area is 92.6 Å². The predicted octanol–water partition coefficient (Wildman–Crippen LogP) is 2.15. The van der Waals surface area contributed by atoms with Gasteiger partial charge in [0.15, 0.2) is 0 Å². The van der Waals surface area contributed by atoms with Gasteiger partial charge in [0, 0.05) is 5.41 Å². The van der Waals surface area contributed by atoms with Gasteiger partial charge in [-0.3, -0.25) is 0 Å². The van der Waals surface area contributed by atoms with Crippen molar-refractivity contribution in [2.45, 2.75) is 20.3 Å². The molecule has 0 rings (SSSR count). The van der Waals surface area contributed by atoms with Gasteiger partial charge in [0.05, 0.1) is 13.2 Å². The molecule has 1 unspecified atom stereocenters. The molecule has 0 saturated carbocycles. The van der Waals surface area contributed by atoms with Crippen molar-refractivity contribution >= 4 is 0 Å². The Morgan fingerprint density at radius 1 is 1.33 bits per heavy atom. The van der Waals surface area contributed by atoms with E-state index in [0.717, 1.165) is 0 Å². The predicted molar refractivity (Wildman–Crippen MR) is 63.5 cm³/mol. The van der Waals surface area contributed by atoms with Crippen LogP contribution in [0.5, 0.6) is 0 Å². The first kappa shape index (κ1) is 14.2. The first-order valence-corrected chi connectivity index (χ1v) is 5.26. The molecular weight excluding hydrogens is 188 g/mol. The Bertz CT molecular complexity index is 233. The molecule has 0 fully saturated rings. The van der Waals surface area contributed by atoms with Gasteiger partial charge in [-0.1, -0.05) is 26.5 Å². The maximum atomic E-state index is 9.48. The summed E-state index contributed by atoms with van der Waals surface area (Å²) in [6.45, 7) is 11.2. The van der Waals surface area contributed by atoms with Crippen molar-refractivity contribution in [1.82, 2.24) is 0 Å². The number of aliphatic hydroxyl groups is 2. The van der Waals surface area contributed by atoms with Gasteiger partial charge in [-0.2, -0.15) is 0 Å². The molecule has 0 aromatic rings. The molecule has 86 valence electrons. The molecule has 0 radical (unpaired) electrons. The Kier molecular flexibility index (Phi) is 6.26. The maximum Gasteiger partial charge on any atom is 0.0518 e. The van der Waals surface area contributed by atoms with Crippen LogP contribution >= 0.6 is 0 Å². The van der Waals surface area contributed by atoms with Crippen molar-refractivity contribution < 1.29 is 10.2 Å². The van der Waals surface area contributed by atoms with Crippen molar-refractivity contribution in [2.24, 2.45) is 17.3 Å². The van der Waals surface area contributed by atoms with Crippen LogP contribution in [0.4, 0.5) is 0 Å². The van der Waals surface area contributed by atoms with E-state index in [4.69, 9.17) is 0 Å². The van der Waals surface area contributed by atoms with E-state index in [9.17, 15) is 10.2 Å². The van der Waals surface area contributed by atoms with E-state index in [1.54, 1.807) is 6.08 Å². The van der Waals surface area contributed by atoms with E-state index in [1.807, 2.05) is 6.08 Å². The summed E-state index contributed by atoms with van der Waals surface area (Å²) in [6.07, 6.45) is 4.15. The highest BCUT2D eigenvalue weighted by Gasteiger charge is 2.37. The average molecular weight is 210 g/mol. The fourth-order valence-electron chi connectivity index (χ4n) is 2.02. The van der Waals surface area contributed by atoms with E-state index in [-0.39, 0.29) is 19.1 Å². The lowest BCUT2D eigenvalue weighted by Gasteiger charge is -2.37. The van der Waals surface area contributed by atoms with Gasteiger partial charge in [0.25, 0.3) is 0 Å². The second-order valence-electron chi connectivity index (χ2n) is 4.31. The molecular formula is C13H22O2. The summed E-state index contributed by atoms with van der Waals surface area (Å²) in [5, 5.41) is 19.0. The van der Waals surface area contributed by atoms with Crippen LogP contribution in [0.1, 0.15) is 20.3 Å². The molecule has 0 amide bonds. The topological polar surface area (TPSA) is 40.5 Å². The highest BCUT2D eigenvalue weighted by Crippen LogP contribution is 2.37. The molecule has 2 nitrogen and oxygen atoms in total. The molecule has 0 heterocycles. The van der Waals surface area contributed by atoms with Crippen LogP contribution in [0.15, 0.2) is 31.0 Å². The largest absolute Gasteiger partial charge is 0.396 e. The summed E-state index contributed by atoms with van der Waals surface area (Å²) in [6, 6.07) is 0. The van der Waals surface area contributed by atoms with E-state index >= 15 is 0 Å². The molecule has 15 heavy (non-hydrogen) atoms. The van der Waals surface area contributed by atoms with E-state index in [0.29, 0.717) is 12.3 Å². The van der Waals surface area contributed by atoms with Gasteiger partial charge in [0.2, 0.25) is 0 Å². The maximum absolute atomic E-state index is 9.48. The summed E-state index contributed by atoms with van der Waals surface area (Å²) >= 11 is 0. The third kappa shape index (κ3) is 3.35. The summed E-state index contributed by atoms with van der Waals surface area (Å²) in [7, 11) is 0. The van der Waals surface area contributed by atoms with Gasteiger partial charge < -0.3 is 10.2 Å². The van der Waals surface area contributed by atoms with Gasteiger partial charge in [-0.15, -0.1) is 12.3 Å². The SMILES string of the molecule is C=C=CC(C(C)C)C(CO)(CO)CC=C. The minimum absolute atomic E-state index is 0.0583. The van der Waals surface area contributed by atoms with Gasteiger partial charge in [-0.05, 0) is 24.3 Å². The minimum atomic E-state index is -0.541. The molecule has 1 atom stereocenters. The number of hydrogen-bond acceptors (Lipinski definition) is 2. The monoisotopic (exact) mass is 210 g/mol. The van der Waals surface area contributed by atoms with E-state index in [1.165, 1.54) is 0 Å². The van der Waals surface area contributed by atoms with E-state index < -0.39 is 5.41 Å². The zero-order valence-corrected chi connectivity index (χ0v) is 9.74. The summed E-state index contributed by atoms with van der Waals surface area (Å²) in [5.74, 6) is 0.376. The fourth-order valence-corrected chi connectivity index (χ4v) is 2.02. The Balaban J connectivity index is 5.13. The molecule has 0 aliphatic carbocycles. The van der Waals surface area contributed by atoms with Crippen LogP contribution in [-0.4, -0.2) is 23.4 Å². The van der Waals surface area contributed by atoms with Gasteiger partial charge in [0.1, 0.15) is 0 Å². The molecule has 2 heteroatoms. The average Bonchev–Trinajstić information content (AvgIpc) is 2.23. The first-order valence-electron chi connectivity index (χ1n) is 5.26. The van der Waals surface area contributed by atoms with Crippen LogP contribution in [-0.2, 0) is 0 Å². The highest BCUT2D eigenvalue weighted by atomic mass is 16.3. The Hall–Kier alpha value is -0.820. The van der Waals surface area contributed by atoms with Crippen LogP contribution in [0.25, 0.3) is 0 Å². The quantitative estimate of drug-likeness (QED) is 0.499. The summed E-state index contributed by atoms with van der Waals surface area (Å²) < 4.78 is 0. The molecule has 0 aliphatic rings. The lowest BCUT2D eigenvalue weighted by Crippen LogP contribution is -2.39. The van der Waals surface area contributed by atoms with Gasteiger partial charge in [-0.25, -0.2) is 0 Å². The number of aliphatic hydroxyl groups excluding tert-OH is 2. The Morgan fingerprint density at radius 3 is 2.13 bits per heavy atom. The van der Waals surface area contributed by atoms with Crippen molar-refractivity contribution in [3.63, 3.8) is 0 Å². The fraction of sp³-hybridized carbons (Fsp3) is 0.615. The summed E-state index contributed by atoms with van der Waals surface area (Å²) in [4.78, 5) is 0. The van der Waals surface area contributed by atoms with Crippen LogP contribution in [0, 0.1) is 17.3 Å². The first-order chi connectivity index (χ1) is 7.07. The Morgan fingerprint density at radius 2 is 1.87 bits per heavy atom. The molecule has 0 saturated heterocycles. The van der Waals surface area contributed by atoms with Crippen LogP contribution in [0.3, 0.4) is 0 Å². The second kappa shape index (κ2) is 6.62. The van der Waals surface area contributed by atoms with Gasteiger partial charge >= 0.3 is 0 Å². The van der Waals surface area contributed by atoms with E-state index in [2.05, 4.69) is 32.7 Å². The normalized spacial score (nSPS) is 13.4. The number of rotatable bonds is 7. The van der Waals surface area contributed by atoms with Crippen LogP contribution < -0.4 is 0 Å². The zero-order valence-electron chi connectivity index (χ0n) is 9.74. The number of hydrogen-bond donors (Lipinski definition) is 2. The van der Waals surface area contributed by atoms with Crippen molar-refractivity contribution in [2.75, 3.05) is 13.2 Å².